The molecule has 3 aliphatic rings. The minimum Gasteiger partial charge on any atom is -0.338 e. The van der Waals surface area contributed by atoms with Gasteiger partial charge in [-0.1, -0.05) is 49.6 Å². The van der Waals surface area contributed by atoms with Gasteiger partial charge in [-0.05, 0) is 37.8 Å². The van der Waals surface area contributed by atoms with Crippen LogP contribution < -0.4 is 10.6 Å². The van der Waals surface area contributed by atoms with Crippen molar-refractivity contribution in [2.75, 3.05) is 26.2 Å². The second kappa shape index (κ2) is 8.52. The molecular weight excluding hydrogens is 352 g/mol. The average Bonchev–Trinajstić information content (AvgIpc) is 3.21. The monoisotopic (exact) mass is 384 g/mol. The number of urea groups is 1. The summed E-state index contributed by atoms with van der Waals surface area (Å²) in [6.45, 7) is 4.20. The third-order valence-electron chi connectivity index (χ3n) is 6.64. The van der Waals surface area contributed by atoms with Crippen LogP contribution in [0.2, 0.25) is 0 Å². The van der Waals surface area contributed by atoms with Crippen LogP contribution in [-0.4, -0.2) is 59.5 Å². The summed E-state index contributed by atoms with van der Waals surface area (Å²) in [7, 11) is 0. The van der Waals surface area contributed by atoms with Crippen LogP contribution in [0, 0.1) is 0 Å². The number of hydrogen-bond donors (Lipinski definition) is 2. The van der Waals surface area contributed by atoms with E-state index in [0.29, 0.717) is 12.6 Å². The normalized spacial score (nSPS) is 24.4. The van der Waals surface area contributed by atoms with Crippen molar-refractivity contribution in [3.63, 3.8) is 0 Å². The van der Waals surface area contributed by atoms with Gasteiger partial charge in [-0.15, -0.1) is 0 Å². The Bertz CT molecular complexity index is 687. The second-order valence-electron chi connectivity index (χ2n) is 8.52. The first-order chi connectivity index (χ1) is 13.7. The Kier molecular flexibility index (Phi) is 5.85. The van der Waals surface area contributed by atoms with E-state index in [1.165, 1.54) is 12.8 Å². The van der Waals surface area contributed by atoms with Crippen LogP contribution >= 0.6 is 0 Å². The first-order valence-corrected chi connectivity index (χ1v) is 10.8. The summed E-state index contributed by atoms with van der Waals surface area (Å²) in [6.07, 6.45) is 7.03. The molecule has 28 heavy (non-hydrogen) atoms. The van der Waals surface area contributed by atoms with E-state index >= 15 is 0 Å². The Hall–Kier alpha value is -2.08. The number of carbonyl (C=O) groups is 2. The molecule has 1 atom stereocenters. The summed E-state index contributed by atoms with van der Waals surface area (Å²) >= 11 is 0. The molecule has 1 aromatic rings. The highest BCUT2D eigenvalue weighted by Crippen LogP contribution is 2.32. The fourth-order valence-electron chi connectivity index (χ4n) is 5.07. The molecule has 1 aromatic carbocycles. The molecule has 0 aromatic heterocycles. The molecule has 6 nitrogen and oxygen atoms in total. The van der Waals surface area contributed by atoms with E-state index in [9.17, 15) is 9.59 Å². The number of piperazine rings is 1. The number of rotatable bonds is 4. The van der Waals surface area contributed by atoms with Gasteiger partial charge < -0.3 is 15.5 Å². The van der Waals surface area contributed by atoms with Crippen LogP contribution in [0.1, 0.15) is 50.5 Å². The van der Waals surface area contributed by atoms with Crippen LogP contribution in [0.5, 0.6) is 0 Å². The van der Waals surface area contributed by atoms with Crippen LogP contribution in [0.4, 0.5) is 4.79 Å². The molecule has 0 bridgehead atoms. The zero-order chi connectivity index (χ0) is 19.4. The predicted molar refractivity (Wildman–Crippen MR) is 109 cm³/mol. The Balaban J connectivity index is 1.40. The van der Waals surface area contributed by atoms with Crippen molar-refractivity contribution in [2.45, 2.75) is 63.1 Å². The van der Waals surface area contributed by atoms with Crippen molar-refractivity contribution < 1.29 is 9.59 Å². The molecule has 152 valence electrons. The zero-order valence-corrected chi connectivity index (χ0v) is 16.7. The van der Waals surface area contributed by atoms with Gasteiger partial charge in [0.1, 0.15) is 5.54 Å². The number of amides is 3. The summed E-state index contributed by atoms with van der Waals surface area (Å²) in [5.74, 6) is 0.133. The topological polar surface area (TPSA) is 64.7 Å². The molecule has 0 radical (unpaired) electrons. The zero-order valence-electron chi connectivity index (χ0n) is 16.7. The van der Waals surface area contributed by atoms with E-state index in [0.717, 1.165) is 63.8 Å². The highest BCUT2D eigenvalue weighted by molar-refractivity contribution is 5.91. The Morgan fingerprint density at radius 1 is 1.00 bits per heavy atom. The van der Waals surface area contributed by atoms with E-state index in [4.69, 9.17) is 0 Å². The third-order valence-corrected chi connectivity index (χ3v) is 6.64. The molecule has 6 heteroatoms. The van der Waals surface area contributed by atoms with E-state index in [1.807, 2.05) is 35.2 Å². The number of fused-ring (bicyclic) bond motifs is 1. The van der Waals surface area contributed by atoms with Gasteiger partial charge in [-0.2, -0.15) is 0 Å². The van der Waals surface area contributed by atoms with Crippen LogP contribution in [-0.2, 0) is 11.3 Å². The van der Waals surface area contributed by atoms with Crippen LogP contribution in [0.25, 0.3) is 0 Å². The number of hydrogen-bond acceptors (Lipinski definition) is 3. The van der Waals surface area contributed by atoms with Crippen LogP contribution in [0.15, 0.2) is 30.3 Å². The highest BCUT2D eigenvalue weighted by atomic mass is 16.2. The largest absolute Gasteiger partial charge is 0.338 e. The maximum absolute atomic E-state index is 13.5. The Labute approximate surface area is 167 Å². The lowest BCUT2D eigenvalue weighted by Crippen LogP contribution is -2.65. The van der Waals surface area contributed by atoms with Gasteiger partial charge in [0.2, 0.25) is 5.91 Å². The number of nitrogens with zero attached hydrogens (tertiary/aromatic N) is 2. The van der Waals surface area contributed by atoms with Crippen LogP contribution in [0.3, 0.4) is 0 Å². The summed E-state index contributed by atoms with van der Waals surface area (Å²) in [5.41, 5.74) is 0.318. The molecule has 2 aliphatic heterocycles. The molecule has 2 saturated heterocycles. The van der Waals surface area contributed by atoms with Crippen molar-refractivity contribution in [1.29, 1.82) is 0 Å². The lowest BCUT2D eigenvalue weighted by molar-refractivity contribution is -0.142. The molecule has 0 spiro atoms. The maximum atomic E-state index is 13.5. The van der Waals surface area contributed by atoms with Crippen molar-refractivity contribution in [1.82, 2.24) is 20.4 Å². The van der Waals surface area contributed by atoms with Gasteiger partial charge in [-0.3, -0.25) is 9.69 Å². The molecule has 1 aliphatic carbocycles. The number of carbonyl (C=O) groups excluding carboxylic acids is 2. The lowest BCUT2D eigenvalue weighted by atomic mass is 9.80. The fourth-order valence-corrected chi connectivity index (χ4v) is 5.07. The molecule has 3 amide bonds. The highest BCUT2D eigenvalue weighted by Gasteiger charge is 2.45. The van der Waals surface area contributed by atoms with Crippen molar-refractivity contribution in [3.05, 3.63) is 35.9 Å². The van der Waals surface area contributed by atoms with E-state index < -0.39 is 5.54 Å². The summed E-state index contributed by atoms with van der Waals surface area (Å²) in [6, 6.07) is 10.1. The van der Waals surface area contributed by atoms with Gasteiger partial charge in [-0.25, -0.2) is 4.79 Å². The average molecular weight is 385 g/mol. The predicted octanol–water partition coefficient (Wildman–Crippen LogP) is 2.50. The van der Waals surface area contributed by atoms with E-state index in [2.05, 4.69) is 15.5 Å². The smallest absolute Gasteiger partial charge is 0.315 e. The Morgan fingerprint density at radius 3 is 2.57 bits per heavy atom. The number of nitrogens with one attached hydrogen (secondary N) is 2. The molecule has 1 saturated carbocycles. The van der Waals surface area contributed by atoms with Crippen molar-refractivity contribution in [2.24, 2.45) is 0 Å². The van der Waals surface area contributed by atoms with Crippen molar-refractivity contribution >= 4 is 11.9 Å². The Morgan fingerprint density at radius 2 is 1.79 bits per heavy atom. The standard InChI is InChI=1S/C22H32N4O2/c27-20(26-15-14-25-13-7-10-19(25)17-26)22(11-5-2-6-12-22)24-21(28)23-16-18-8-3-1-4-9-18/h1,3-4,8-9,19H,2,5-7,10-17H2,(H2,23,24,28)/t19-/m0/s1. The first-order valence-electron chi connectivity index (χ1n) is 10.8. The summed E-state index contributed by atoms with van der Waals surface area (Å²) < 4.78 is 0. The SMILES string of the molecule is O=C(NCc1ccccc1)NC1(C(=O)N2CCN3CCC[C@H]3C2)CCCCC1. The molecule has 0 unspecified atom stereocenters. The maximum Gasteiger partial charge on any atom is 0.315 e. The quantitative estimate of drug-likeness (QED) is 0.838. The van der Waals surface area contributed by atoms with Gasteiger partial charge in [0.15, 0.2) is 0 Å². The minimum atomic E-state index is -0.736. The lowest BCUT2D eigenvalue weighted by Gasteiger charge is -2.44. The fraction of sp³-hybridized carbons (Fsp3) is 0.636. The summed E-state index contributed by atoms with van der Waals surface area (Å²) in [4.78, 5) is 30.7. The minimum absolute atomic E-state index is 0.133. The third kappa shape index (κ3) is 4.17. The van der Waals surface area contributed by atoms with Gasteiger partial charge >= 0.3 is 6.03 Å². The summed E-state index contributed by atoms with van der Waals surface area (Å²) in [5, 5.41) is 6.04. The first kappa shape index (κ1) is 19.2. The van der Waals surface area contributed by atoms with Crippen molar-refractivity contribution in [3.8, 4) is 0 Å². The van der Waals surface area contributed by atoms with E-state index in [1.54, 1.807) is 0 Å². The van der Waals surface area contributed by atoms with Gasteiger partial charge in [0, 0.05) is 32.2 Å². The molecule has 3 fully saturated rings. The molecule has 2 heterocycles. The second-order valence-corrected chi connectivity index (χ2v) is 8.52. The molecule has 4 rings (SSSR count). The van der Waals surface area contributed by atoms with Gasteiger partial charge in [0.05, 0.1) is 0 Å². The molecule has 2 N–H and O–H groups in total. The van der Waals surface area contributed by atoms with E-state index in [-0.39, 0.29) is 11.9 Å². The van der Waals surface area contributed by atoms with Gasteiger partial charge in [0.25, 0.3) is 0 Å². The number of benzene rings is 1. The molecular formula is C22H32N4O2.